The van der Waals surface area contributed by atoms with Crippen molar-refractivity contribution in [1.29, 1.82) is 0 Å². The van der Waals surface area contributed by atoms with Gasteiger partial charge in [0.2, 0.25) is 5.91 Å². The first-order valence-electron chi connectivity index (χ1n) is 9.07. The summed E-state index contributed by atoms with van der Waals surface area (Å²) in [5.74, 6) is 0.684. The van der Waals surface area contributed by atoms with Crippen molar-refractivity contribution in [2.75, 3.05) is 6.61 Å². The molecular weight excluding hydrogens is 387 g/mol. The summed E-state index contributed by atoms with van der Waals surface area (Å²) < 4.78 is 24.3. The maximum absolute atomic E-state index is 13.4. The first-order valence-corrected chi connectivity index (χ1v) is 9.44. The number of hydrogen-bond donors (Lipinski definition) is 2. The largest absolute Gasteiger partial charge is 0.486 e. The molecule has 0 unspecified atom stereocenters. The fourth-order valence-corrected chi connectivity index (χ4v) is 2.64. The minimum atomic E-state index is -0.545. The molecule has 1 aliphatic rings. The minimum absolute atomic E-state index is 0.0382. The maximum Gasteiger partial charge on any atom is 0.250 e. The quantitative estimate of drug-likeness (QED) is 0.629. The van der Waals surface area contributed by atoms with Crippen LogP contribution in [-0.4, -0.2) is 33.8 Å². The lowest BCUT2D eigenvalue weighted by Gasteiger charge is -2.25. The summed E-state index contributed by atoms with van der Waals surface area (Å²) in [6, 6.07) is 4.21. The van der Waals surface area contributed by atoms with E-state index < -0.39 is 5.82 Å². The minimum Gasteiger partial charge on any atom is -0.486 e. The summed E-state index contributed by atoms with van der Waals surface area (Å²) in [5, 5.41) is 9.63. The van der Waals surface area contributed by atoms with E-state index in [0.29, 0.717) is 35.9 Å². The first kappa shape index (κ1) is 20.3. The molecule has 9 heteroatoms. The van der Waals surface area contributed by atoms with Gasteiger partial charge in [-0.05, 0) is 37.8 Å². The van der Waals surface area contributed by atoms with E-state index in [1.165, 1.54) is 18.6 Å². The van der Waals surface area contributed by atoms with E-state index in [-0.39, 0.29) is 30.2 Å². The molecule has 1 fully saturated rings. The normalized spacial score (nSPS) is 13.8. The average molecular weight is 409 g/mol. The lowest BCUT2D eigenvalue weighted by Crippen LogP contribution is -2.31. The predicted octanol–water partition coefficient (Wildman–Crippen LogP) is 3.31. The Morgan fingerprint density at radius 1 is 1.43 bits per heavy atom. The molecule has 0 radical (unpaired) electrons. The predicted molar refractivity (Wildman–Crippen MR) is 101 cm³/mol. The number of nitrogens with zero attached hydrogens (tertiary/aromatic N) is 2. The van der Waals surface area contributed by atoms with Crippen LogP contribution in [0.15, 0.2) is 30.5 Å². The third-order valence-corrected chi connectivity index (χ3v) is 4.62. The van der Waals surface area contributed by atoms with Crippen molar-refractivity contribution < 1.29 is 18.7 Å². The number of rotatable bonds is 10. The Morgan fingerprint density at radius 3 is 2.96 bits per heavy atom. The second-order valence-electron chi connectivity index (χ2n) is 6.58. The number of aromatic amines is 1. The second kappa shape index (κ2) is 9.66. The van der Waals surface area contributed by atoms with Gasteiger partial charge in [0.15, 0.2) is 11.6 Å². The molecule has 0 spiro atoms. The lowest BCUT2D eigenvalue weighted by atomic mass is 9.96. The monoisotopic (exact) mass is 408 g/mol. The zero-order valence-electron chi connectivity index (χ0n) is 15.3. The molecule has 0 saturated heterocycles. The number of hydrogen-bond acceptors (Lipinski definition) is 5. The Kier molecular flexibility index (Phi) is 7.00. The van der Waals surface area contributed by atoms with Crippen molar-refractivity contribution in [2.24, 2.45) is 0 Å². The number of aromatic nitrogens is 3. The molecule has 0 aliphatic heterocycles. The van der Waals surface area contributed by atoms with Crippen molar-refractivity contribution in [3.05, 3.63) is 53.0 Å². The third kappa shape index (κ3) is 6.03. The zero-order valence-corrected chi connectivity index (χ0v) is 16.1. The Hall–Kier alpha value is -2.45. The molecule has 1 saturated carbocycles. The number of carbonyl (C=O) groups is 1. The van der Waals surface area contributed by atoms with Gasteiger partial charge in [-0.1, -0.05) is 18.2 Å². The van der Waals surface area contributed by atoms with E-state index >= 15 is 0 Å². The van der Waals surface area contributed by atoms with E-state index in [4.69, 9.17) is 21.1 Å². The number of amides is 1. The number of ether oxygens (including phenoxy) is 2. The van der Waals surface area contributed by atoms with Gasteiger partial charge in [0.05, 0.1) is 11.1 Å². The van der Waals surface area contributed by atoms with Gasteiger partial charge in [0.1, 0.15) is 24.8 Å². The molecule has 1 amide bonds. The van der Waals surface area contributed by atoms with Crippen LogP contribution in [0.25, 0.3) is 0 Å². The number of allylic oxidation sites excluding steroid dienone is 1. The molecule has 1 aliphatic carbocycles. The van der Waals surface area contributed by atoms with Gasteiger partial charge in [0, 0.05) is 18.2 Å². The topological polar surface area (TPSA) is 89.1 Å². The van der Waals surface area contributed by atoms with Crippen LogP contribution in [-0.2, 0) is 22.6 Å². The number of carbonyl (C=O) groups excluding carboxylic acids is 1. The molecule has 3 rings (SSSR count). The summed E-state index contributed by atoms with van der Waals surface area (Å²) in [6.45, 7) is 4.01. The molecule has 1 aromatic heterocycles. The summed E-state index contributed by atoms with van der Waals surface area (Å²) in [5.41, 5.74) is 0.585. The Labute approximate surface area is 167 Å². The summed E-state index contributed by atoms with van der Waals surface area (Å²) >= 11 is 5.63. The average Bonchev–Trinajstić information content (AvgIpc) is 3.07. The van der Waals surface area contributed by atoms with Crippen LogP contribution in [0.2, 0.25) is 5.02 Å². The molecule has 2 aromatic rings. The highest BCUT2D eigenvalue weighted by Crippen LogP contribution is 2.22. The van der Waals surface area contributed by atoms with Crippen molar-refractivity contribution >= 4 is 17.5 Å². The van der Waals surface area contributed by atoms with Crippen molar-refractivity contribution in [3.63, 3.8) is 0 Å². The summed E-state index contributed by atoms with van der Waals surface area (Å²) in [6.07, 6.45) is 4.46. The highest BCUT2D eigenvalue weighted by atomic mass is 35.5. The Balaban J connectivity index is 1.37. The standard InChI is InChI=1S/C19H22ClFN4O3/c1-12(22-19(26)11-28-13-3-2-4-13)5-8-17-23-18(25-24-17)10-27-14-6-7-15(20)16(21)9-14/h6-7,9,13H,1-5,8,10-11H2,(H,22,26)(H,23,24,25). The molecule has 1 heterocycles. The van der Waals surface area contributed by atoms with Gasteiger partial charge in [-0.2, -0.15) is 5.10 Å². The van der Waals surface area contributed by atoms with E-state index in [1.807, 2.05) is 0 Å². The van der Waals surface area contributed by atoms with Crippen LogP contribution >= 0.6 is 11.6 Å². The molecule has 1 aromatic carbocycles. The fourth-order valence-electron chi connectivity index (χ4n) is 2.52. The third-order valence-electron chi connectivity index (χ3n) is 4.31. The second-order valence-corrected chi connectivity index (χ2v) is 6.99. The van der Waals surface area contributed by atoms with Gasteiger partial charge in [-0.3, -0.25) is 9.89 Å². The lowest BCUT2D eigenvalue weighted by molar-refractivity contribution is -0.128. The van der Waals surface area contributed by atoms with E-state index in [0.717, 1.165) is 12.8 Å². The van der Waals surface area contributed by atoms with Gasteiger partial charge in [-0.15, -0.1) is 0 Å². The van der Waals surface area contributed by atoms with Crippen LogP contribution in [0.4, 0.5) is 4.39 Å². The summed E-state index contributed by atoms with van der Waals surface area (Å²) in [7, 11) is 0. The zero-order chi connectivity index (χ0) is 19.9. The number of halogens is 2. The smallest absolute Gasteiger partial charge is 0.250 e. The molecule has 0 atom stereocenters. The van der Waals surface area contributed by atoms with Gasteiger partial charge < -0.3 is 14.8 Å². The van der Waals surface area contributed by atoms with E-state index in [1.54, 1.807) is 6.07 Å². The number of H-pyrrole nitrogens is 1. The molecule has 0 bridgehead atoms. The van der Waals surface area contributed by atoms with Gasteiger partial charge in [-0.25, -0.2) is 9.37 Å². The molecule has 28 heavy (non-hydrogen) atoms. The van der Waals surface area contributed by atoms with Crippen molar-refractivity contribution in [1.82, 2.24) is 20.5 Å². The van der Waals surface area contributed by atoms with E-state index in [2.05, 4.69) is 27.1 Å². The summed E-state index contributed by atoms with van der Waals surface area (Å²) in [4.78, 5) is 16.1. The molecular formula is C19H22ClFN4O3. The SMILES string of the molecule is C=C(CCc1n[nH]c(COc2ccc(Cl)c(F)c2)n1)NC(=O)COC1CCC1. The van der Waals surface area contributed by atoms with Crippen LogP contribution in [0.1, 0.15) is 37.3 Å². The fraction of sp³-hybridized carbons (Fsp3) is 0.421. The highest BCUT2D eigenvalue weighted by Gasteiger charge is 2.19. The van der Waals surface area contributed by atoms with Crippen molar-refractivity contribution in [2.45, 2.75) is 44.8 Å². The first-order chi connectivity index (χ1) is 13.5. The van der Waals surface area contributed by atoms with Crippen LogP contribution in [0, 0.1) is 5.82 Å². The number of benzene rings is 1. The number of aryl methyl sites for hydroxylation is 1. The van der Waals surface area contributed by atoms with Crippen LogP contribution < -0.4 is 10.1 Å². The Morgan fingerprint density at radius 2 is 2.25 bits per heavy atom. The molecule has 7 nitrogen and oxygen atoms in total. The van der Waals surface area contributed by atoms with Crippen LogP contribution in [0.5, 0.6) is 5.75 Å². The van der Waals surface area contributed by atoms with Crippen molar-refractivity contribution in [3.8, 4) is 5.75 Å². The highest BCUT2D eigenvalue weighted by molar-refractivity contribution is 6.30. The van der Waals surface area contributed by atoms with Gasteiger partial charge in [0.25, 0.3) is 0 Å². The van der Waals surface area contributed by atoms with Crippen LogP contribution in [0.3, 0.4) is 0 Å². The molecule has 150 valence electrons. The molecule has 2 N–H and O–H groups in total. The van der Waals surface area contributed by atoms with Gasteiger partial charge >= 0.3 is 0 Å². The maximum atomic E-state index is 13.4. The Bertz CT molecular complexity index is 838. The number of nitrogens with one attached hydrogen (secondary N) is 2. The van der Waals surface area contributed by atoms with E-state index in [9.17, 15) is 9.18 Å².